The molecule has 1 aliphatic heterocycles. The van der Waals surface area contributed by atoms with E-state index in [1.165, 1.54) is 38.3 Å². The first-order valence-corrected chi connectivity index (χ1v) is 8.59. The van der Waals surface area contributed by atoms with E-state index < -0.39 is 7.12 Å². The van der Waals surface area contributed by atoms with Crippen LogP contribution >= 0.6 is 0 Å². The van der Waals surface area contributed by atoms with E-state index in [9.17, 15) is 0 Å². The second-order valence-corrected chi connectivity index (χ2v) is 7.77. The topological polar surface area (TPSA) is 54.3 Å². The van der Waals surface area contributed by atoms with Gasteiger partial charge in [-0.2, -0.15) is 0 Å². The van der Waals surface area contributed by atoms with Crippen LogP contribution < -0.4 is 5.32 Å². The van der Waals surface area contributed by atoms with Crippen LogP contribution in [0.5, 0.6) is 0 Å². The summed E-state index contributed by atoms with van der Waals surface area (Å²) in [4.78, 5) is 0. The first kappa shape index (κ1) is 17.5. The largest absolute Gasteiger partial charge is 0.497 e. The summed E-state index contributed by atoms with van der Waals surface area (Å²) in [6.07, 6.45) is 9.71. The summed E-state index contributed by atoms with van der Waals surface area (Å²) in [6.45, 7) is 10.5. The normalized spacial score (nSPS) is 31.7. The van der Waals surface area contributed by atoms with Gasteiger partial charge in [0.2, 0.25) is 0 Å². The highest BCUT2D eigenvalue weighted by Gasteiger charge is 2.52. The van der Waals surface area contributed by atoms with Crippen molar-refractivity contribution < 1.29 is 9.31 Å². The van der Waals surface area contributed by atoms with Crippen molar-refractivity contribution >= 4 is 13.3 Å². The van der Waals surface area contributed by atoms with Crippen molar-refractivity contribution in [3.63, 3.8) is 0 Å². The van der Waals surface area contributed by atoms with E-state index in [1.54, 1.807) is 0 Å². The lowest BCUT2D eigenvalue weighted by Crippen LogP contribution is -2.41. The zero-order valence-corrected chi connectivity index (χ0v) is 14.7. The van der Waals surface area contributed by atoms with Gasteiger partial charge in [0.05, 0.1) is 11.2 Å². The highest BCUT2D eigenvalue weighted by Crippen LogP contribution is 2.38. The third-order valence-corrected chi connectivity index (χ3v) is 5.52. The van der Waals surface area contributed by atoms with Crippen molar-refractivity contribution in [2.24, 2.45) is 5.92 Å². The molecule has 5 heteroatoms. The lowest BCUT2D eigenvalue weighted by Gasteiger charge is -2.32. The molecule has 0 amide bonds. The zero-order valence-electron chi connectivity index (χ0n) is 14.7. The second kappa shape index (κ2) is 6.75. The van der Waals surface area contributed by atoms with E-state index in [0.717, 1.165) is 5.47 Å². The summed E-state index contributed by atoms with van der Waals surface area (Å²) >= 11 is 0. The Kier molecular flexibility index (Phi) is 5.39. The average Bonchev–Trinajstić information content (AvgIpc) is 2.56. The monoisotopic (exact) mass is 306 g/mol. The fourth-order valence-electron chi connectivity index (χ4n) is 3.10. The Hall–Kier alpha value is -0.805. The maximum atomic E-state index is 7.70. The predicted molar refractivity (Wildman–Crippen MR) is 92.1 cm³/mol. The Bertz CT molecular complexity index is 418. The molecule has 2 fully saturated rings. The van der Waals surface area contributed by atoms with E-state index in [0.29, 0.717) is 12.0 Å². The molecule has 0 spiro atoms. The van der Waals surface area contributed by atoms with E-state index in [4.69, 9.17) is 14.7 Å². The summed E-state index contributed by atoms with van der Waals surface area (Å²) in [5.74, 6) is 0.670. The first-order chi connectivity index (χ1) is 10.3. The molecule has 2 atom stereocenters. The summed E-state index contributed by atoms with van der Waals surface area (Å²) in [6, 6.07) is 0.486. The van der Waals surface area contributed by atoms with Gasteiger partial charge in [-0.05, 0) is 52.7 Å². The van der Waals surface area contributed by atoms with Gasteiger partial charge in [-0.3, -0.25) is 0 Å². The molecule has 4 nitrogen and oxygen atoms in total. The highest BCUT2D eigenvalue weighted by atomic mass is 16.7. The minimum Gasteiger partial charge on any atom is -0.399 e. The van der Waals surface area contributed by atoms with Crippen LogP contribution in [0.3, 0.4) is 0 Å². The van der Waals surface area contributed by atoms with Crippen molar-refractivity contribution in [2.45, 2.75) is 84.0 Å². The summed E-state index contributed by atoms with van der Waals surface area (Å²) in [7, 11) is -0.462. The van der Waals surface area contributed by atoms with Crippen LogP contribution in [0.25, 0.3) is 0 Å². The maximum absolute atomic E-state index is 7.70. The van der Waals surface area contributed by atoms with Gasteiger partial charge in [0.15, 0.2) is 0 Å². The number of hydrogen-bond acceptors (Lipinski definition) is 4. The molecule has 1 heterocycles. The van der Waals surface area contributed by atoms with Crippen LogP contribution in [0, 0.1) is 11.3 Å². The molecule has 22 heavy (non-hydrogen) atoms. The van der Waals surface area contributed by atoms with Crippen molar-refractivity contribution in [3.8, 4) is 0 Å². The van der Waals surface area contributed by atoms with Gasteiger partial charge in [0, 0.05) is 17.7 Å². The molecule has 0 radical (unpaired) electrons. The SMILES string of the molecule is CC1CCCCCC1N/C=C(\C=N)B1OC(C)(C)C(C)(C)O1. The Balaban J connectivity index is 2.04. The number of hydrogen-bond donors (Lipinski definition) is 2. The van der Waals surface area contributed by atoms with E-state index in [-0.39, 0.29) is 11.2 Å². The maximum Gasteiger partial charge on any atom is 0.497 e. The van der Waals surface area contributed by atoms with Crippen LogP contribution in [-0.2, 0) is 9.31 Å². The van der Waals surface area contributed by atoms with Crippen molar-refractivity contribution in [3.05, 3.63) is 11.7 Å². The summed E-state index contributed by atoms with van der Waals surface area (Å²) < 4.78 is 12.1. The zero-order chi connectivity index (χ0) is 16.4. The van der Waals surface area contributed by atoms with Gasteiger partial charge in [-0.15, -0.1) is 0 Å². The standard InChI is InChI=1S/C17H31BN2O2/c1-13-9-7-6-8-10-15(13)20-12-14(11-19)18-21-16(2,3)17(4,5)22-18/h11-13,15,19-20H,6-10H2,1-5H3/b14-12+,19-11?. The Morgan fingerprint density at radius 1 is 1.09 bits per heavy atom. The lowest BCUT2D eigenvalue weighted by atomic mass is 9.79. The minimum atomic E-state index is -0.462. The molecule has 1 saturated heterocycles. The molecule has 2 unspecified atom stereocenters. The molecule has 0 bridgehead atoms. The molecule has 2 aliphatic rings. The summed E-state index contributed by atoms with van der Waals surface area (Å²) in [5, 5.41) is 11.2. The Morgan fingerprint density at radius 2 is 1.68 bits per heavy atom. The van der Waals surface area contributed by atoms with Crippen molar-refractivity contribution in [1.29, 1.82) is 5.41 Å². The molecule has 0 aromatic rings. The fraction of sp³-hybridized carbons (Fsp3) is 0.824. The number of allylic oxidation sites excluding steroid dienone is 1. The van der Waals surface area contributed by atoms with E-state index in [1.807, 2.05) is 33.9 Å². The molecular formula is C17H31BN2O2. The van der Waals surface area contributed by atoms with Crippen LogP contribution in [0.1, 0.15) is 66.7 Å². The minimum absolute atomic E-state index is 0.366. The van der Waals surface area contributed by atoms with Gasteiger partial charge >= 0.3 is 7.12 Å². The third kappa shape index (κ3) is 3.74. The van der Waals surface area contributed by atoms with Gasteiger partial charge in [0.25, 0.3) is 0 Å². The smallest absolute Gasteiger partial charge is 0.399 e. The highest BCUT2D eigenvalue weighted by molar-refractivity contribution is 6.60. The third-order valence-electron chi connectivity index (χ3n) is 5.52. The Labute approximate surface area is 135 Å². The number of nitrogens with one attached hydrogen (secondary N) is 2. The average molecular weight is 306 g/mol. The predicted octanol–water partition coefficient (Wildman–Crippen LogP) is 3.71. The van der Waals surface area contributed by atoms with Crippen molar-refractivity contribution in [2.75, 3.05) is 0 Å². The fourth-order valence-corrected chi connectivity index (χ4v) is 3.10. The van der Waals surface area contributed by atoms with Crippen LogP contribution in [0.15, 0.2) is 11.7 Å². The van der Waals surface area contributed by atoms with Crippen LogP contribution in [0.2, 0.25) is 0 Å². The van der Waals surface area contributed by atoms with Crippen LogP contribution in [-0.4, -0.2) is 30.6 Å². The molecule has 0 aromatic carbocycles. The van der Waals surface area contributed by atoms with Crippen LogP contribution in [0.4, 0.5) is 0 Å². The second-order valence-electron chi connectivity index (χ2n) is 7.77. The molecule has 0 aromatic heterocycles. The lowest BCUT2D eigenvalue weighted by molar-refractivity contribution is 0.00578. The van der Waals surface area contributed by atoms with Gasteiger partial charge in [0.1, 0.15) is 0 Å². The molecule has 2 N–H and O–H groups in total. The van der Waals surface area contributed by atoms with E-state index >= 15 is 0 Å². The molecule has 1 aliphatic carbocycles. The van der Waals surface area contributed by atoms with Gasteiger partial charge in [-0.25, -0.2) is 0 Å². The molecule has 124 valence electrons. The quantitative estimate of drug-likeness (QED) is 0.473. The molecule has 2 rings (SSSR count). The number of rotatable bonds is 4. The Morgan fingerprint density at radius 3 is 2.27 bits per heavy atom. The van der Waals surface area contributed by atoms with Gasteiger partial charge in [-0.1, -0.05) is 26.2 Å². The molecular weight excluding hydrogens is 275 g/mol. The van der Waals surface area contributed by atoms with Gasteiger partial charge < -0.3 is 20.0 Å². The molecule has 1 saturated carbocycles. The summed E-state index contributed by atoms with van der Waals surface area (Å²) in [5.41, 5.74) is 0.0280. The first-order valence-electron chi connectivity index (χ1n) is 8.59. The van der Waals surface area contributed by atoms with Crippen molar-refractivity contribution in [1.82, 2.24) is 5.32 Å². The van der Waals surface area contributed by atoms with E-state index in [2.05, 4.69) is 12.2 Å².